The summed E-state index contributed by atoms with van der Waals surface area (Å²) in [6.07, 6.45) is 0.414. The number of anilines is 1. The van der Waals surface area contributed by atoms with Gasteiger partial charge in [0.05, 0.1) is 11.1 Å². The first kappa shape index (κ1) is 14.7. The third-order valence-corrected chi connectivity index (χ3v) is 3.05. The molecule has 0 saturated carbocycles. The Morgan fingerprint density at radius 3 is 2.24 bits per heavy atom. The van der Waals surface area contributed by atoms with Gasteiger partial charge in [-0.3, -0.25) is 4.79 Å². The molecule has 108 valence electrons. The van der Waals surface area contributed by atoms with E-state index in [0.29, 0.717) is 12.1 Å². The molecule has 0 saturated heterocycles. The van der Waals surface area contributed by atoms with Crippen LogP contribution in [0.4, 0.5) is 5.69 Å². The molecule has 0 atom stereocenters. The molecule has 0 fully saturated rings. The van der Waals surface area contributed by atoms with Crippen molar-refractivity contribution in [2.75, 3.05) is 11.9 Å². The summed E-state index contributed by atoms with van der Waals surface area (Å²) in [5.74, 6) is -1.64. The van der Waals surface area contributed by atoms with Gasteiger partial charge < -0.3 is 15.5 Å². The van der Waals surface area contributed by atoms with Crippen molar-refractivity contribution in [2.24, 2.45) is 0 Å². The molecule has 0 radical (unpaired) electrons. The van der Waals surface area contributed by atoms with Gasteiger partial charge in [0.2, 0.25) is 0 Å². The minimum Gasteiger partial charge on any atom is -0.478 e. The summed E-state index contributed by atoms with van der Waals surface area (Å²) < 4.78 is 0. The molecule has 0 unspecified atom stereocenters. The van der Waals surface area contributed by atoms with E-state index in [9.17, 15) is 9.59 Å². The molecule has 0 spiro atoms. The highest BCUT2D eigenvalue weighted by molar-refractivity contribution is 6.10. The molecule has 1 amide bonds. The summed E-state index contributed by atoms with van der Waals surface area (Å²) in [7, 11) is 0. The number of aliphatic hydroxyl groups excluding tert-OH is 1. The van der Waals surface area contributed by atoms with E-state index in [2.05, 4.69) is 5.32 Å². The standard InChI is InChI=1S/C16H15NO4/c18-10-9-11-5-1-4-8-14(11)17-15(19)12-6-2-3-7-13(12)16(20)21/h1-8,18H,9-10H2,(H,17,19)(H,20,21). The van der Waals surface area contributed by atoms with Gasteiger partial charge in [0, 0.05) is 12.3 Å². The predicted octanol–water partition coefficient (Wildman–Crippen LogP) is 2.17. The maximum Gasteiger partial charge on any atom is 0.336 e. The highest BCUT2D eigenvalue weighted by atomic mass is 16.4. The van der Waals surface area contributed by atoms with E-state index in [-0.39, 0.29) is 17.7 Å². The molecule has 2 aromatic rings. The number of carboxylic acids is 1. The Kier molecular flexibility index (Phi) is 4.68. The minimum absolute atomic E-state index is 0.0292. The fraction of sp³-hybridized carbons (Fsp3) is 0.125. The van der Waals surface area contributed by atoms with E-state index >= 15 is 0 Å². The van der Waals surface area contributed by atoms with Crippen molar-refractivity contribution in [1.82, 2.24) is 0 Å². The van der Waals surface area contributed by atoms with Crippen molar-refractivity contribution in [2.45, 2.75) is 6.42 Å². The number of carboxylic acid groups (broad SMARTS) is 1. The summed E-state index contributed by atoms with van der Waals surface area (Å²) in [4.78, 5) is 23.4. The number of rotatable bonds is 5. The maximum absolute atomic E-state index is 12.3. The lowest BCUT2D eigenvalue weighted by Crippen LogP contribution is -2.17. The first-order valence-electron chi connectivity index (χ1n) is 6.46. The molecule has 21 heavy (non-hydrogen) atoms. The average molecular weight is 285 g/mol. The van der Waals surface area contributed by atoms with E-state index in [1.54, 1.807) is 30.3 Å². The number of aliphatic hydroxyl groups is 1. The van der Waals surface area contributed by atoms with Crippen LogP contribution in [0.2, 0.25) is 0 Å². The second-order valence-corrected chi connectivity index (χ2v) is 4.44. The van der Waals surface area contributed by atoms with Crippen molar-refractivity contribution in [3.05, 3.63) is 65.2 Å². The lowest BCUT2D eigenvalue weighted by Gasteiger charge is -2.11. The van der Waals surface area contributed by atoms with Crippen LogP contribution >= 0.6 is 0 Å². The molecule has 3 N–H and O–H groups in total. The van der Waals surface area contributed by atoms with Gasteiger partial charge in [-0.25, -0.2) is 4.79 Å². The molecular weight excluding hydrogens is 270 g/mol. The quantitative estimate of drug-likeness (QED) is 0.785. The van der Waals surface area contributed by atoms with E-state index in [4.69, 9.17) is 10.2 Å². The van der Waals surface area contributed by atoms with E-state index in [1.165, 1.54) is 12.1 Å². The molecule has 0 bridgehead atoms. The molecule has 0 aliphatic heterocycles. The number of hydrogen-bond acceptors (Lipinski definition) is 3. The van der Waals surface area contributed by atoms with Gasteiger partial charge in [-0.05, 0) is 30.2 Å². The largest absolute Gasteiger partial charge is 0.478 e. The number of carbonyl (C=O) groups excluding carboxylic acids is 1. The van der Waals surface area contributed by atoms with Gasteiger partial charge in [-0.1, -0.05) is 30.3 Å². The molecule has 5 nitrogen and oxygen atoms in total. The van der Waals surface area contributed by atoms with Gasteiger partial charge >= 0.3 is 5.97 Å². The zero-order valence-electron chi connectivity index (χ0n) is 11.2. The van der Waals surface area contributed by atoms with Crippen LogP contribution in [0.1, 0.15) is 26.3 Å². The SMILES string of the molecule is O=C(O)c1ccccc1C(=O)Nc1ccccc1CCO. The van der Waals surface area contributed by atoms with Crippen LogP contribution in [0.15, 0.2) is 48.5 Å². The van der Waals surface area contributed by atoms with Crippen LogP contribution in [0.3, 0.4) is 0 Å². The van der Waals surface area contributed by atoms with Gasteiger partial charge in [0.1, 0.15) is 0 Å². The number of benzene rings is 2. The van der Waals surface area contributed by atoms with E-state index in [0.717, 1.165) is 5.56 Å². The van der Waals surface area contributed by atoms with Crippen LogP contribution in [0.25, 0.3) is 0 Å². The number of carbonyl (C=O) groups is 2. The summed E-state index contributed by atoms with van der Waals surface area (Å²) in [5, 5.41) is 20.8. The number of aromatic carboxylic acids is 1. The predicted molar refractivity (Wildman–Crippen MR) is 78.6 cm³/mol. The van der Waals surface area contributed by atoms with Gasteiger partial charge in [-0.2, -0.15) is 0 Å². The topological polar surface area (TPSA) is 86.6 Å². The molecule has 0 aromatic heterocycles. The maximum atomic E-state index is 12.3. The number of nitrogens with one attached hydrogen (secondary N) is 1. The van der Waals surface area contributed by atoms with Crippen molar-refractivity contribution < 1.29 is 19.8 Å². The minimum atomic E-state index is -1.15. The Morgan fingerprint density at radius 2 is 1.57 bits per heavy atom. The summed E-state index contributed by atoms with van der Waals surface area (Å²) >= 11 is 0. The van der Waals surface area contributed by atoms with Gasteiger partial charge in [-0.15, -0.1) is 0 Å². The Balaban J connectivity index is 2.29. The number of hydrogen-bond donors (Lipinski definition) is 3. The van der Waals surface area contributed by atoms with Crippen LogP contribution in [-0.2, 0) is 6.42 Å². The molecule has 0 aliphatic rings. The normalized spacial score (nSPS) is 10.1. The first-order valence-corrected chi connectivity index (χ1v) is 6.46. The third kappa shape index (κ3) is 3.46. The Hall–Kier alpha value is -2.66. The number of para-hydroxylation sites is 1. The van der Waals surface area contributed by atoms with E-state index < -0.39 is 11.9 Å². The van der Waals surface area contributed by atoms with Crippen LogP contribution in [0, 0.1) is 0 Å². The summed E-state index contributed by atoms with van der Waals surface area (Å²) in [5.41, 5.74) is 1.41. The fourth-order valence-electron chi connectivity index (χ4n) is 2.04. The van der Waals surface area contributed by atoms with Crippen molar-refractivity contribution in [3.63, 3.8) is 0 Å². The number of amides is 1. The van der Waals surface area contributed by atoms with Gasteiger partial charge in [0.25, 0.3) is 5.91 Å². The summed E-state index contributed by atoms with van der Waals surface area (Å²) in [6.45, 7) is -0.0292. The summed E-state index contributed by atoms with van der Waals surface area (Å²) in [6, 6.07) is 13.1. The lowest BCUT2D eigenvalue weighted by atomic mass is 10.1. The molecule has 5 heteroatoms. The Labute approximate surface area is 121 Å². The van der Waals surface area contributed by atoms with Gasteiger partial charge in [0.15, 0.2) is 0 Å². The van der Waals surface area contributed by atoms with Crippen molar-refractivity contribution >= 4 is 17.6 Å². The highest BCUT2D eigenvalue weighted by Gasteiger charge is 2.16. The molecule has 2 aromatic carbocycles. The second-order valence-electron chi connectivity index (χ2n) is 4.44. The van der Waals surface area contributed by atoms with Crippen LogP contribution < -0.4 is 5.32 Å². The van der Waals surface area contributed by atoms with Crippen molar-refractivity contribution in [3.8, 4) is 0 Å². The monoisotopic (exact) mass is 285 g/mol. The zero-order chi connectivity index (χ0) is 15.2. The molecule has 0 heterocycles. The zero-order valence-corrected chi connectivity index (χ0v) is 11.2. The molecule has 0 aliphatic carbocycles. The van der Waals surface area contributed by atoms with Crippen LogP contribution in [0.5, 0.6) is 0 Å². The molecule has 2 rings (SSSR count). The second kappa shape index (κ2) is 6.67. The fourth-order valence-corrected chi connectivity index (χ4v) is 2.04. The average Bonchev–Trinajstić information content (AvgIpc) is 2.49. The first-order chi connectivity index (χ1) is 10.1. The highest BCUT2D eigenvalue weighted by Crippen LogP contribution is 2.18. The Morgan fingerprint density at radius 1 is 0.952 bits per heavy atom. The van der Waals surface area contributed by atoms with Crippen molar-refractivity contribution in [1.29, 1.82) is 0 Å². The van der Waals surface area contributed by atoms with E-state index in [1.807, 2.05) is 6.07 Å². The molecular formula is C16H15NO4. The Bertz CT molecular complexity index is 667. The smallest absolute Gasteiger partial charge is 0.336 e. The van der Waals surface area contributed by atoms with Crippen LogP contribution in [-0.4, -0.2) is 28.7 Å². The third-order valence-electron chi connectivity index (χ3n) is 3.05. The lowest BCUT2D eigenvalue weighted by molar-refractivity contribution is 0.0692.